The van der Waals surface area contributed by atoms with Gasteiger partial charge in [-0.1, -0.05) is 36.4 Å². The maximum Gasteiger partial charge on any atom is 0.335 e. The molecule has 0 spiro atoms. The van der Waals surface area contributed by atoms with Crippen molar-refractivity contribution in [3.8, 4) is 0 Å². The standard InChI is InChI=1S/C23H27NO3S.C21H23NO3S.C12H17NO2S.C11H12O2/c1-4-27-22(26)23(12-19-14(2)28-15(3)20(19)13-23)24-21(25)18-11-7-9-16-8-5-6-10-17(16)18;1-12-17-10-21(20(24)25,11-18(17)13(2)26-12)22-19(23)16-9-5-7-14-6-3-4-8-15(14)16;1-4-15-11(14)12(13)5-9-7(2)16-8(3)10(9)6-12;12-11(13)10-7-3-5-8-4-1-2-6-9(8)10/h7,9,11H,4-6,8,10,12-13H2,1-3H3,(H,24,25);5,7,9H,3-4,6,8,10-11H2,1-2H3,(H,22,23)(H,24,25);4-6,13H2,1-3H3;3,5,7H,1-2,4,6H2,(H,12,13). The van der Waals surface area contributed by atoms with Crippen LogP contribution in [0.2, 0.25) is 0 Å². The number of nitrogens with one attached hydrogen (secondary N) is 2. The number of carboxylic acid groups (broad SMARTS) is 2. The molecular weight excluding hydrogens is 1100 g/mol. The molecule has 2 amide bonds. The minimum absolute atomic E-state index is 0.157. The number of carbonyl (C=O) groups excluding carboxylic acids is 4. The van der Waals surface area contributed by atoms with E-state index in [1.165, 1.54) is 71.3 Å². The van der Waals surface area contributed by atoms with Gasteiger partial charge in [0.2, 0.25) is 0 Å². The normalized spacial score (nSPS) is 16.9. The van der Waals surface area contributed by atoms with Crippen molar-refractivity contribution in [2.45, 2.75) is 188 Å². The van der Waals surface area contributed by atoms with Gasteiger partial charge in [-0.25, -0.2) is 14.4 Å². The molecule has 3 aromatic heterocycles. The molecule has 83 heavy (non-hydrogen) atoms. The average Bonchev–Trinajstić information content (AvgIpc) is 3.26. The van der Waals surface area contributed by atoms with Crippen molar-refractivity contribution in [3.63, 3.8) is 0 Å². The molecule has 0 radical (unpaired) electrons. The number of benzene rings is 3. The van der Waals surface area contributed by atoms with Crippen LogP contribution in [-0.2, 0) is 101 Å². The smallest absolute Gasteiger partial charge is 0.335 e. The zero-order valence-electron chi connectivity index (χ0n) is 49.3. The highest BCUT2D eigenvalue weighted by atomic mass is 32.1. The van der Waals surface area contributed by atoms with Crippen molar-refractivity contribution < 1.29 is 48.5 Å². The van der Waals surface area contributed by atoms with E-state index in [0.29, 0.717) is 68.4 Å². The first-order chi connectivity index (χ1) is 39.6. The second kappa shape index (κ2) is 25.4. The van der Waals surface area contributed by atoms with Gasteiger partial charge >= 0.3 is 23.9 Å². The lowest BCUT2D eigenvalue weighted by Crippen LogP contribution is -2.56. The molecule has 0 fully saturated rings. The fourth-order valence-electron chi connectivity index (χ4n) is 13.6. The number of hydrogen-bond donors (Lipinski definition) is 5. The zero-order valence-corrected chi connectivity index (χ0v) is 51.8. The summed E-state index contributed by atoms with van der Waals surface area (Å²) >= 11 is 5.27. The summed E-state index contributed by atoms with van der Waals surface area (Å²) < 4.78 is 10.5. The number of carbonyl (C=O) groups is 6. The molecule has 0 atom stereocenters. The maximum atomic E-state index is 13.3. The first kappa shape index (κ1) is 61.1. The monoisotopic (exact) mass is 1180 g/mol. The first-order valence-electron chi connectivity index (χ1n) is 29.4. The molecule has 6 aliphatic rings. The fraction of sp³-hybridized carbons (Fsp3) is 0.463. The largest absolute Gasteiger partial charge is 0.479 e. The lowest BCUT2D eigenvalue weighted by Gasteiger charge is -2.29. The van der Waals surface area contributed by atoms with Crippen LogP contribution in [0, 0.1) is 41.5 Å². The number of hydrogen-bond acceptors (Lipinski definition) is 12. The molecule has 3 aromatic carbocycles. The molecule has 13 nitrogen and oxygen atoms in total. The number of aromatic carboxylic acids is 1. The SMILES string of the molecule is CCOC(=O)C1(N)Cc2c(C)sc(C)c2C1.CCOC(=O)C1(NC(=O)c2cccc3c2CCCC3)Cc2c(C)sc(C)c2C1.Cc1sc(C)c2c1CC(NC(=O)c1cccc3c1CCCC3)(C(=O)O)C2.O=C(O)c1cccc2c1CCCC2. The van der Waals surface area contributed by atoms with E-state index in [1.54, 1.807) is 40.1 Å². The summed E-state index contributed by atoms with van der Waals surface area (Å²) in [6.07, 6.45) is 15.6. The van der Waals surface area contributed by atoms with Crippen molar-refractivity contribution in [3.05, 3.63) is 167 Å². The third-order valence-electron chi connectivity index (χ3n) is 17.8. The van der Waals surface area contributed by atoms with E-state index in [-0.39, 0.29) is 23.8 Å². The summed E-state index contributed by atoms with van der Waals surface area (Å²) in [5.74, 6) is -2.75. The van der Waals surface area contributed by atoms with Gasteiger partial charge in [0.1, 0.15) is 16.6 Å². The van der Waals surface area contributed by atoms with Crippen LogP contribution in [0.25, 0.3) is 0 Å². The van der Waals surface area contributed by atoms with E-state index in [0.717, 1.165) is 102 Å². The second-order valence-electron chi connectivity index (χ2n) is 23.3. The van der Waals surface area contributed by atoms with Gasteiger partial charge in [0.15, 0.2) is 0 Å². The van der Waals surface area contributed by atoms with Gasteiger partial charge in [-0.15, -0.1) is 34.0 Å². The van der Waals surface area contributed by atoms with Gasteiger partial charge in [-0.2, -0.15) is 0 Å². The number of fused-ring (bicyclic) bond motifs is 6. The number of nitrogens with two attached hydrogens (primary N) is 1. The molecule has 6 N–H and O–H groups in total. The van der Waals surface area contributed by atoms with Gasteiger partial charge in [-0.05, 0) is 217 Å². The number of aryl methyl sites for hydroxylation is 9. The molecule has 0 unspecified atom stereocenters. The lowest BCUT2D eigenvalue weighted by molar-refractivity contribution is -0.150. The zero-order chi connectivity index (χ0) is 59.5. The Morgan fingerprint density at radius 3 is 1.12 bits per heavy atom. The Hall–Kier alpha value is -6.46. The number of esters is 2. The van der Waals surface area contributed by atoms with Gasteiger partial charge in [0.25, 0.3) is 11.8 Å². The molecule has 0 saturated carbocycles. The fourth-order valence-corrected chi connectivity index (χ4v) is 16.8. The highest BCUT2D eigenvalue weighted by Crippen LogP contribution is 2.43. The van der Waals surface area contributed by atoms with Crippen LogP contribution < -0.4 is 16.4 Å². The minimum Gasteiger partial charge on any atom is -0.479 e. The third-order valence-corrected chi connectivity index (χ3v) is 21.1. The Morgan fingerprint density at radius 2 is 0.759 bits per heavy atom. The number of ether oxygens (including phenoxy) is 2. The van der Waals surface area contributed by atoms with Crippen LogP contribution in [0.15, 0.2) is 54.6 Å². The molecule has 0 aliphatic heterocycles. The molecule has 12 rings (SSSR count). The summed E-state index contributed by atoms with van der Waals surface area (Å²) in [7, 11) is 0. The van der Waals surface area contributed by atoms with E-state index >= 15 is 0 Å². The Labute approximate surface area is 499 Å². The summed E-state index contributed by atoms with van der Waals surface area (Å²) in [5.41, 5.74) is 19.1. The molecule has 440 valence electrons. The number of rotatable bonds is 10. The Bertz CT molecular complexity index is 3430. The van der Waals surface area contributed by atoms with Crippen molar-refractivity contribution in [1.82, 2.24) is 10.6 Å². The Kier molecular flexibility index (Phi) is 18.7. The van der Waals surface area contributed by atoms with Crippen LogP contribution in [0.4, 0.5) is 0 Å². The molecular formula is C67H79N3O10S3. The molecule has 0 saturated heterocycles. The van der Waals surface area contributed by atoms with Crippen molar-refractivity contribution >= 4 is 69.7 Å². The van der Waals surface area contributed by atoms with E-state index in [4.69, 9.17) is 20.3 Å². The quantitative estimate of drug-likeness (QED) is 0.0814. The highest BCUT2D eigenvalue weighted by molar-refractivity contribution is 7.12. The topological polar surface area (TPSA) is 211 Å². The van der Waals surface area contributed by atoms with Crippen LogP contribution in [0.3, 0.4) is 0 Å². The first-order valence-corrected chi connectivity index (χ1v) is 31.9. The molecule has 6 aromatic rings. The van der Waals surface area contributed by atoms with Crippen LogP contribution in [0.1, 0.15) is 179 Å². The predicted molar refractivity (Wildman–Crippen MR) is 328 cm³/mol. The second-order valence-corrected chi connectivity index (χ2v) is 27.6. The van der Waals surface area contributed by atoms with Crippen molar-refractivity contribution in [2.24, 2.45) is 5.73 Å². The molecule has 0 bridgehead atoms. The van der Waals surface area contributed by atoms with E-state index < -0.39 is 28.6 Å². The van der Waals surface area contributed by atoms with E-state index in [1.807, 2.05) is 64.1 Å². The summed E-state index contributed by atoms with van der Waals surface area (Å²) in [6.45, 7) is 16.7. The number of amides is 2. The highest BCUT2D eigenvalue weighted by Gasteiger charge is 2.50. The number of aliphatic carboxylic acids is 1. The summed E-state index contributed by atoms with van der Waals surface area (Å²) in [6, 6.07) is 17.4. The Balaban J connectivity index is 0.000000139. The van der Waals surface area contributed by atoms with Crippen LogP contribution >= 0.6 is 34.0 Å². The predicted octanol–water partition coefficient (Wildman–Crippen LogP) is 11.7. The Morgan fingerprint density at radius 1 is 0.446 bits per heavy atom. The van der Waals surface area contributed by atoms with Crippen LogP contribution in [0.5, 0.6) is 0 Å². The third kappa shape index (κ3) is 12.5. The van der Waals surface area contributed by atoms with Crippen molar-refractivity contribution in [2.75, 3.05) is 13.2 Å². The number of thiophene rings is 3. The van der Waals surface area contributed by atoms with Gasteiger partial charge < -0.3 is 36.1 Å². The number of carboxylic acids is 2. The maximum absolute atomic E-state index is 13.3. The van der Waals surface area contributed by atoms with Gasteiger partial charge in [0, 0.05) is 78.9 Å². The van der Waals surface area contributed by atoms with Crippen molar-refractivity contribution in [1.29, 1.82) is 0 Å². The molecule has 3 heterocycles. The van der Waals surface area contributed by atoms with Gasteiger partial charge in [0.05, 0.1) is 18.8 Å². The molecule has 16 heteroatoms. The summed E-state index contributed by atoms with van der Waals surface area (Å²) in [4.78, 5) is 81.5. The van der Waals surface area contributed by atoms with E-state index in [9.17, 15) is 33.9 Å². The average molecular weight is 1180 g/mol. The molecule has 6 aliphatic carbocycles. The lowest BCUT2D eigenvalue weighted by atomic mass is 9.87. The minimum atomic E-state index is -1.23. The van der Waals surface area contributed by atoms with E-state index in [2.05, 4.69) is 50.5 Å². The van der Waals surface area contributed by atoms with Gasteiger partial charge in [-0.3, -0.25) is 14.4 Å². The van der Waals surface area contributed by atoms with Crippen LogP contribution in [-0.4, -0.2) is 75.7 Å². The summed E-state index contributed by atoms with van der Waals surface area (Å²) in [5, 5.41) is 24.9.